The molecule has 0 radical (unpaired) electrons. The molecule has 2 aliphatic rings. The summed E-state index contributed by atoms with van der Waals surface area (Å²) >= 11 is 0. The molecule has 2 saturated heterocycles. The molecule has 0 N–H and O–H groups in total. The van der Waals surface area contributed by atoms with E-state index in [1.165, 1.54) is 0 Å². The van der Waals surface area contributed by atoms with Crippen LogP contribution >= 0.6 is 0 Å². The van der Waals surface area contributed by atoms with Crippen LogP contribution in [0, 0.1) is 0 Å². The molecule has 0 amide bonds. The van der Waals surface area contributed by atoms with Gasteiger partial charge in [-0.15, -0.1) is 0 Å². The van der Waals surface area contributed by atoms with E-state index in [1.54, 1.807) is 10.5 Å². The van der Waals surface area contributed by atoms with E-state index < -0.39 is 10.0 Å². The molecule has 0 bridgehead atoms. The lowest BCUT2D eigenvalue weighted by Gasteiger charge is -2.35. The zero-order valence-electron chi connectivity index (χ0n) is 14.1. The highest BCUT2D eigenvalue weighted by molar-refractivity contribution is 7.89. The molecule has 8 nitrogen and oxygen atoms in total. The molecule has 0 aromatic carbocycles. The SMILES string of the molecule is CCCS(=O)(=O)N1CCN(c2ccnc(N3CCOCC3)n2)CC1. The van der Waals surface area contributed by atoms with Crippen molar-refractivity contribution in [1.82, 2.24) is 14.3 Å². The molecule has 2 aliphatic heterocycles. The highest BCUT2D eigenvalue weighted by Gasteiger charge is 2.27. The first-order chi connectivity index (χ1) is 11.6. The van der Waals surface area contributed by atoms with Crippen LogP contribution in [0.1, 0.15) is 13.3 Å². The van der Waals surface area contributed by atoms with E-state index in [0.29, 0.717) is 45.8 Å². The molecule has 1 aromatic heterocycles. The van der Waals surface area contributed by atoms with Crippen LogP contribution in [0.15, 0.2) is 12.3 Å². The zero-order valence-corrected chi connectivity index (χ0v) is 14.9. The number of hydrogen-bond acceptors (Lipinski definition) is 7. The van der Waals surface area contributed by atoms with Gasteiger partial charge in [0.15, 0.2) is 0 Å². The molecule has 24 heavy (non-hydrogen) atoms. The second-order valence-corrected chi connectivity index (χ2v) is 8.10. The summed E-state index contributed by atoms with van der Waals surface area (Å²) in [6, 6.07) is 1.89. The summed E-state index contributed by atoms with van der Waals surface area (Å²) in [7, 11) is -3.11. The van der Waals surface area contributed by atoms with Crippen LogP contribution in [-0.2, 0) is 14.8 Å². The zero-order chi connectivity index (χ0) is 17.0. The molecule has 134 valence electrons. The third kappa shape index (κ3) is 3.96. The van der Waals surface area contributed by atoms with E-state index in [2.05, 4.69) is 19.8 Å². The van der Waals surface area contributed by atoms with Gasteiger partial charge in [-0.1, -0.05) is 6.92 Å². The molecular formula is C15H25N5O3S. The maximum atomic E-state index is 12.2. The number of aromatic nitrogens is 2. The lowest BCUT2D eigenvalue weighted by Crippen LogP contribution is -2.49. The third-order valence-electron chi connectivity index (χ3n) is 4.34. The first kappa shape index (κ1) is 17.4. The minimum Gasteiger partial charge on any atom is -0.378 e. The van der Waals surface area contributed by atoms with Crippen molar-refractivity contribution in [2.45, 2.75) is 13.3 Å². The van der Waals surface area contributed by atoms with Gasteiger partial charge in [-0.05, 0) is 12.5 Å². The van der Waals surface area contributed by atoms with E-state index in [-0.39, 0.29) is 5.75 Å². The van der Waals surface area contributed by atoms with E-state index in [0.717, 1.165) is 24.9 Å². The Labute approximate surface area is 143 Å². The Morgan fingerprint density at radius 3 is 2.46 bits per heavy atom. The Morgan fingerprint density at radius 2 is 1.79 bits per heavy atom. The van der Waals surface area contributed by atoms with E-state index in [4.69, 9.17) is 4.74 Å². The van der Waals surface area contributed by atoms with Crippen LogP contribution in [0.2, 0.25) is 0 Å². The van der Waals surface area contributed by atoms with Gasteiger partial charge >= 0.3 is 0 Å². The van der Waals surface area contributed by atoms with Crippen molar-refractivity contribution in [3.8, 4) is 0 Å². The van der Waals surface area contributed by atoms with Gasteiger partial charge in [-0.25, -0.2) is 13.4 Å². The Hall–Kier alpha value is -1.45. The molecular weight excluding hydrogens is 330 g/mol. The highest BCUT2D eigenvalue weighted by atomic mass is 32.2. The second kappa shape index (κ2) is 7.62. The normalized spacial score (nSPS) is 20.4. The summed E-state index contributed by atoms with van der Waals surface area (Å²) in [5, 5.41) is 0. The Morgan fingerprint density at radius 1 is 1.08 bits per heavy atom. The van der Waals surface area contributed by atoms with Crippen molar-refractivity contribution < 1.29 is 13.2 Å². The van der Waals surface area contributed by atoms with E-state index in [9.17, 15) is 8.42 Å². The molecule has 3 heterocycles. The number of morpholine rings is 1. The smallest absolute Gasteiger partial charge is 0.227 e. The molecule has 0 unspecified atom stereocenters. The topological polar surface area (TPSA) is 78.9 Å². The van der Waals surface area contributed by atoms with Gasteiger partial charge in [0, 0.05) is 45.5 Å². The second-order valence-electron chi connectivity index (χ2n) is 6.02. The van der Waals surface area contributed by atoms with E-state index in [1.807, 2.05) is 13.0 Å². The average molecular weight is 355 g/mol. The monoisotopic (exact) mass is 355 g/mol. The highest BCUT2D eigenvalue weighted by Crippen LogP contribution is 2.18. The van der Waals surface area contributed by atoms with Gasteiger partial charge in [0.25, 0.3) is 0 Å². The summed E-state index contributed by atoms with van der Waals surface area (Å²) in [5.74, 6) is 1.80. The number of nitrogens with zero attached hydrogens (tertiary/aromatic N) is 5. The minimum absolute atomic E-state index is 0.224. The summed E-state index contributed by atoms with van der Waals surface area (Å²) < 4.78 is 31.3. The van der Waals surface area contributed by atoms with Gasteiger partial charge < -0.3 is 14.5 Å². The van der Waals surface area contributed by atoms with Crippen LogP contribution in [-0.4, -0.2) is 80.9 Å². The van der Waals surface area contributed by atoms with Crippen molar-refractivity contribution in [3.05, 3.63) is 12.3 Å². The van der Waals surface area contributed by atoms with Crippen LogP contribution in [0.5, 0.6) is 0 Å². The molecule has 0 saturated carbocycles. The fourth-order valence-corrected chi connectivity index (χ4v) is 4.51. The molecule has 0 atom stereocenters. The number of rotatable bonds is 5. The van der Waals surface area contributed by atoms with Crippen LogP contribution < -0.4 is 9.80 Å². The van der Waals surface area contributed by atoms with Gasteiger partial charge in [0.1, 0.15) is 5.82 Å². The van der Waals surface area contributed by atoms with Crippen LogP contribution in [0.3, 0.4) is 0 Å². The number of ether oxygens (including phenoxy) is 1. The summed E-state index contributed by atoms with van der Waals surface area (Å²) in [6.07, 6.45) is 2.42. The number of sulfonamides is 1. The summed E-state index contributed by atoms with van der Waals surface area (Å²) in [4.78, 5) is 13.3. The molecule has 1 aromatic rings. The lowest BCUT2D eigenvalue weighted by molar-refractivity contribution is 0.122. The van der Waals surface area contributed by atoms with Crippen molar-refractivity contribution in [3.63, 3.8) is 0 Å². The van der Waals surface area contributed by atoms with Crippen molar-refractivity contribution >= 4 is 21.8 Å². The minimum atomic E-state index is -3.11. The quantitative estimate of drug-likeness (QED) is 0.745. The molecule has 0 aliphatic carbocycles. The molecule has 3 rings (SSSR count). The fourth-order valence-electron chi connectivity index (χ4n) is 3.01. The molecule has 9 heteroatoms. The largest absolute Gasteiger partial charge is 0.378 e. The Balaban J connectivity index is 1.64. The first-order valence-corrected chi connectivity index (χ1v) is 10.1. The van der Waals surface area contributed by atoms with Gasteiger partial charge in [-0.3, -0.25) is 0 Å². The van der Waals surface area contributed by atoms with E-state index >= 15 is 0 Å². The van der Waals surface area contributed by atoms with Gasteiger partial charge in [0.05, 0.1) is 19.0 Å². The number of hydrogen-bond donors (Lipinski definition) is 0. The average Bonchev–Trinajstić information content (AvgIpc) is 2.63. The maximum absolute atomic E-state index is 12.2. The standard InChI is InChI=1S/C15H25N5O3S/c1-2-13-24(21,22)20-7-5-18(6-8-20)14-3-4-16-15(17-14)19-9-11-23-12-10-19/h3-4H,2,5-13H2,1H3. The molecule has 0 spiro atoms. The van der Waals surface area contributed by atoms with Gasteiger partial charge in [-0.2, -0.15) is 9.29 Å². The first-order valence-electron chi connectivity index (χ1n) is 8.48. The maximum Gasteiger partial charge on any atom is 0.227 e. The van der Waals surface area contributed by atoms with Crippen LogP contribution in [0.4, 0.5) is 11.8 Å². The lowest BCUT2D eigenvalue weighted by atomic mass is 10.3. The Kier molecular flexibility index (Phi) is 5.52. The Bertz CT molecular complexity index is 640. The van der Waals surface area contributed by atoms with Crippen LogP contribution in [0.25, 0.3) is 0 Å². The summed E-state index contributed by atoms with van der Waals surface area (Å²) in [6.45, 7) is 7.22. The number of anilines is 2. The predicted octanol–water partition coefficient (Wildman–Crippen LogP) is 0.175. The fraction of sp³-hybridized carbons (Fsp3) is 0.733. The van der Waals surface area contributed by atoms with Crippen molar-refractivity contribution in [1.29, 1.82) is 0 Å². The van der Waals surface area contributed by atoms with Crippen molar-refractivity contribution in [2.75, 3.05) is 68.0 Å². The number of piperazine rings is 1. The van der Waals surface area contributed by atoms with Gasteiger partial charge in [0.2, 0.25) is 16.0 Å². The summed E-state index contributed by atoms with van der Waals surface area (Å²) in [5.41, 5.74) is 0. The predicted molar refractivity (Wildman–Crippen MR) is 92.9 cm³/mol. The molecule has 2 fully saturated rings. The van der Waals surface area contributed by atoms with Crippen molar-refractivity contribution in [2.24, 2.45) is 0 Å². The third-order valence-corrected chi connectivity index (χ3v) is 6.42.